The van der Waals surface area contributed by atoms with Crippen LogP contribution in [0.5, 0.6) is 0 Å². The van der Waals surface area contributed by atoms with Gasteiger partial charge in [-0.15, -0.1) is 10.2 Å². The SMILES string of the molecule is O=S(O)c1cc(Cl)c2cnc(-c3nnc(C(F)F)s3)n2c1. The van der Waals surface area contributed by atoms with Gasteiger partial charge in [-0.05, 0) is 6.07 Å². The first-order valence-electron chi connectivity index (χ1n) is 5.36. The molecule has 0 amide bonds. The molecule has 0 aliphatic heterocycles. The molecule has 0 saturated carbocycles. The summed E-state index contributed by atoms with van der Waals surface area (Å²) >= 11 is 4.47. The number of imidazole rings is 1. The lowest BCUT2D eigenvalue weighted by atomic mass is 10.4. The maximum atomic E-state index is 12.6. The van der Waals surface area contributed by atoms with E-state index in [9.17, 15) is 13.0 Å². The molecule has 3 rings (SSSR count). The van der Waals surface area contributed by atoms with Crippen molar-refractivity contribution < 1.29 is 17.5 Å². The van der Waals surface area contributed by atoms with Gasteiger partial charge in [0.2, 0.25) is 0 Å². The summed E-state index contributed by atoms with van der Waals surface area (Å²) in [5.74, 6) is 0.226. The van der Waals surface area contributed by atoms with Crippen LogP contribution in [0, 0.1) is 0 Å². The number of hydrogen-bond acceptors (Lipinski definition) is 5. The van der Waals surface area contributed by atoms with Crippen molar-refractivity contribution in [2.24, 2.45) is 0 Å². The van der Waals surface area contributed by atoms with Gasteiger partial charge in [-0.2, -0.15) is 0 Å². The maximum absolute atomic E-state index is 12.6. The average molecular weight is 351 g/mol. The van der Waals surface area contributed by atoms with Crippen LogP contribution in [0.25, 0.3) is 16.3 Å². The molecule has 11 heteroatoms. The largest absolute Gasteiger partial charge is 0.302 e. The minimum absolute atomic E-state index is 0.0605. The molecule has 1 N–H and O–H groups in total. The van der Waals surface area contributed by atoms with Crippen LogP contribution in [-0.4, -0.2) is 28.3 Å². The van der Waals surface area contributed by atoms with Crippen LogP contribution in [0.15, 0.2) is 23.4 Å². The Kier molecular flexibility index (Phi) is 3.69. The molecule has 0 fully saturated rings. The van der Waals surface area contributed by atoms with E-state index in [-0.39, 0.29) is 20.8 Å². The molecule has 110 valence electrons. The van der Waals surface area contributed by atoms with Gasteiger partial charge in [0.25, 0.3) is 6.43 Å². The van der Waals surface area contributed by atoms with Crippen molar-refractivity contribution >= 4 is 39.5 Å². The summed E-state index contributed by atoms with van der Waals surface area (Å²) in [6.07, 6.45) is 0.0560. The third kappa shape index (κ3) is 2.55. The van der Waals surface area contributed by atoms with Gasteiger partial charge in [0.1, 0.15) is 0 Å². The van der Waals surface area contributed by atoms with E-state index in [4.69, 9.17) is 16.2 Å². The van der Waals surface area contributed by atoms with E-state index in [2.05, 4.69) is 15.2 Å². The molecular weight excluding hydrogens is 346 g/mol. The highest BCUT2D eigenvalue weighted by molar-refractivity contribution is 7.79. The third-order valence-electron chi connectivity index (χ3n) is 2.59. The number of aromatic nitrogens is 4. The number of halogens is 3. The summed E-state index contributed by atoms with van der Waals surface area (Å²) in [5, 5.41) is 7.00. The lowest BCUT2D eigenvalue weighted by Gasteiger charge is -2.02. The van der Waals surface area contributed by atoms with Crippen molar-refractivity contribution in [2.45, 2.75) is 11.3 Å². The quantitative estimate of drug-likeness (QED) is 0.734. The molecule has 1 atom stereocenters. The van der Waals surface area contributed by atoms with Crippen molar-refractivity contribution in [2.75, 3.05) is 0 Å². The predicted octanol–water partition coefficient (Wildman–Crippen LogP) is 3.02. The Hall–Kier alpha value is -1.49. The maximum Gasteiger partial charge on any atom is 0.291 e. The molecule has 0 spiro atoms. The monoisotopic (exact) mass is 350 g/mol. The molecule has 0 bridgehead atoms. The highest BCUT2D eigenvalue weighted by Crippen LogP contribution is 2.31. The highest BCUT2D eigenvalue weighted by Gasteiger charge is 2.19. The zero-order valence-corrected chi connectivity index (χ0v) is 12.3. The Balaban J connectivity index is 2.20. The zero-order chi connectivity index (χ0) is 15.1. The van der Waals surface area contributed by atoms with Crippen molar-refractivity contribution in [3.8, 4) is 10.8 Å². The molecule has 3 heterocycles. The fourth-order valence-electron chi connectivity index (χ4n) is 1.70. The summed E-state index contributed by atoms with van der Waals surface area (Å²) in [6, 6.07) is 1.34. The van der Waals surface area contributed by atoms with Crippen molar-refractivity contribution in [1.29, 1.82) is 0 Å². The Labute approximate surface area is 127 Å². The molecule has 0 aliphatic carbocycles. The van der Waals surface area contributed by atoms with Gasteiger partial charge in [-0.25, -0.2) is 18.0 Å². The normalized spacial score (nSPS) is 13.2. The number of rotatable bonds is 3. The first kappa shape index (κ1) is 14.4. The van der Waals surface area contributed by atoms with Gasteiger partial charge >= 0.3 is 0 Å². The lowest BCUT2D eigenvalue weighted by Crippen LogP contribution is -1.95. The van der Waals surface area contributed by atoms with Crippen LogP contribution in [0.3, 0.4) is 0 Å². The fourth-order valence-corrected chi connectivity index (χ4v) is 3.13. The second-order valence-electron chi connectivity index (χ2n) is 3.86. The van der Waals surface area contributed by atoms with Crippen LogP contribution < -0.4 is 0 Å². The molecular formula is C10H5ClF2N4O2S2. The van der Waals surface area contributed by atoms with E-state index in [1.807, 2.05) is 0 Å². The third-order valence-corrected chi connectivity index (χ3v) is 4.44. The van der Waals surface area contributed by atoms with E-state index >= 15 is 0 Å². The fraction of sp³-hybridized carbons (Fsp3) is 0.100. The Bertz CT molecular complexity index is 851. The molecule has 0 saturated heterocycles. The van der Waals surface area contributed by atoms with Gasteiger partial charge in [0, 0.05) is 6.20 Å². The summed E-state index contributed by atoms with van der Waals surface area (Å²) in [6.45, 7) is 0. The van der Waals surface area contributed by atoms with Crippen LogP contribution >= 0.6 is 22.9 Å². The number of pyridine rings is 1. The van der Waals surface area contributed by atoms with Gasteiger partial charge < -0.3 is 4.55 Å². The zero-order valence-electron chi connectivity index (χ0n) is 9.90. The Morgan fingerprint density at radius 2 is 2.19 bits per heavy atom. The second kappa shape index (κ2) is 5.37. The standard InChI is InChI=1S/C10H5ClF2N4O2S2/c11-5-1-4(21(18)19)3-17-6(5)2-14-8(17)10-16-15-9(20-10)7(12)13/h1-3,7H,(H,18,19). The molecule has 0 aliphatic rings. The van der Waals surface area contributed by atoms with Gasteiger partial charge in [0.15, 0.2) is 26.9 Å². The summed E-state index contributed by atoms with van der Waals surface area (Å²) in [5.41, 5.74) is 0.467. The highest BCUT2D eigenvalue weighted by atomic mass is 35.5. The second-order valence-corrected chi connectivity index (χ2v) is 6.24. The predicted molar refractivity (Wildman–Crippen MR) is 73.1 cm³/mol. The topological polar surface area (TPSA) is 80.4 Å². The molecule has 1 unspecified atom stereocenters. The van der Waals surface area contributed by atoms with Crippen molar-refractivity contribution in [3.63, 3.8) is 0 Å². The van der Waals surface area contributed by atoms with E-state index < -0.39 is 22.5 Å². The molecule has 21 heavy (non-hydrogen) atoms. The minimum Gasteiger partial charge on any atom is -0.302 e. The van der Waals surface area contributed by atoms with E-state index in [0.29, 0.717) is 16.9 Å². The van der Waals surface area contributed by atoms with Crippen LogP contribution in [0.1, 0.15) is 11.4 Å². The van der Waals surface area contributed by atoms with E-state index in [0.717, 1.165) is 0 Å². The minimum atomic E-state index is -2.72. The first-order valence-corrected chi connectivity index (χ1v) is 7.67. The number of hydrogen-bond donors (Lipinski definition) is 1. The smallest absolute Gasteiger partial charge is 0.291 e. The molecule has 0 aromatic carbocycles. The number of fused-ring (bicyclic) bond motifs is 1. The van der Waals surface area contributed by atoms with Gasteiger partial charge in [-0.1, -0.05) is 22.9 Å². The Morgan fingerprint density at radius 3 is 2.81 bits per heavy atom. The summed E-state index contributed by atoms with van der Waals surface area (Å²) < 4.78 is 46.8. The van der Waals surface area contributed by atoms with Crippen LogP contribution in [-0.2, 0) is 11.1 Å². The van der Waals surface area contributed by atoms with Crippen LogP contribution in [0.2, 0.25) is 5.02 Å². The van der Waals surface area contributed by atoms with Crippen molar-refractivity contribution in [1.82, 2.24) is 19.6 Å². The molecule has 6 nitrogen and oxygen atoms in total. The van der Waals surface area contributed by atoms with Crippen LogP contribution in [0.4, 0.5) is 8.78 Å². The average Bonchev–Trinajstić information content (AvgIpc) is 3.04. The Morgan fingerprint density at radius 1 is 1.43 bits per heavy atom. The summed E-state index contributed by atoms with van der Waals surface area (Å²) in [4.78, 5) is 4.12. The van der Waals surface area contributed by atoms with E-state index in [1.54, 1.807) is 0 Å². The van der Waals surface area contributed by atoms with Gasteiger partial charge in [-0.3, -0.25) is 4.40 Å². The number of nitrogens with zero attached hydrogens (tertiary/aromatic N) is 4. The van der Waals surface area contributed by atoms with E-state index in [1.165, 1.54) is 22.9 Å². The first-order chi connectivity index (χ1) is 9.97. The number of alkyl halides is 2. The lowest BCUT2D eigenvalue weighted by molar-refractivity contribution is 0.150. The molecule has 3 aromatic rings. The summed E-state index contributed by atoms with van der Waals surface area (Å²) in [7, 11) is 0. The molecule has 0 radical (unpaired) electrons. The van der Waals surface area contributed by atoms with Gasteiger partial charge in [0.05, 0.1) is 21.6 Å². The molecule has 3 aromatic heterocycles. The van der Waals surface area contributed by atoms with Crippen molar-refractivity contribution in [3.05, 3.63) is 28.5 Å².